The Hall–Kier alpha value is -1.59. The fraction of sp³-hybridized carbons (Fsp3) is 0.579. The molecular weight excluding hydrogens is 338 g/mol. The summed E-state index contributed by atoms with van der Waals surface area (Å²) in [5.74, 6) is -0.830. The summed E-state index contributed by atoms with van der Waals surface area (Å²) in [5.41, 5.74) is 7.15. The second-order valence-electron chi connectivity index (χ2n) is 7.13. The number of nitrogens with zero attached hydrogens (tertiary/aromatic N) is 1. The second-order valence-corrected chi connectivity index (χ2v) is 7.13. The zero-order valence-corrected chi connectivity index (χ0v) is 15.6. The highest BCUT2D eigenvalue weighted by atomic mass is 35.5. The van der Waals surface area contributed by atoms with Crippen LogP contribution in [-0.4, -0.2) is 41.9 Å². The van der Waals surface area contributed by atoms with Crippen LogP contribution in [0.2, 0.25) is 0 Å². The quantitative estimate of drug-likeness (QED) is 0.801. The van der Waals surface area contributed by atoms with Gasteiger partial charge < -0.3 is 16.0 Å². The molecule has 138 valence electrons. The van der Waals surface area contributed by atoms with E-state index in [1.165, 1.54) is 5.56 Å². The Kier molecular flexibility index (Phi) is 6.47. The van der Waals surface area contributed by atoms with E-state index in [2.05, 4.69) is 24.4 Å². The number of carbonyl (C=O) groups excluding carboxylic acids is 2. The van der Waals surface area contributed by atoms with E-state index in [1.807, 2.05) is 18.2 Å². The lowest BCUT2D eigenvalue weighted by molar-refractivity contribution is -0.147. The lowest BCUT2D eigenvalue weighted by atomic mass is 9.61. The highest BCUT2D eigenvalue weighted by Crippen LogP contribution is 2.43. The normalized spacial score (nSPS) is 28.0. The number of likely N-dealkylation sites (tertiary alicyclic amines) is 1. The van der Waals surface area contributed by atoms with E-state index in [1.54, 1.807) is 4.90 Å². The van der Waals surface area contributed by atoms with Crippen molar-refractivity contribution in [2.24, 2.45) is 5.73 Å². The van der Waals surface area contributed by atoms with Crippen LogP contribution in [-0.2, 0) is 15.0 Å². The molecule has 5 nitrogen and oxygen atoms in total. The van der Waals surface area contributed by atoms with E-state index in [4.69, 9.17) is 5.73 Å². The summed E-state index contributed by atoms with van der Waals surface area (Å²) < 4.78 is 0. The smallest absolute Gasteiger partial charge is 0.312 e. The maximum Gasteiger partial charge on any atom is 0.312 e. The summed E-state index contributed by atoms with van der Waals surface area (Å²) in [6, 6.07) is 10.5. The molecule has 1 aromatic rings. The van der Waals surface area contributed by atoms with Gasteiger partial charge >= 0.3 is 11.8 Å². The third kappa shape index (κ3) is 3.82. The molecular formula is C19H28ClN3O2. The third-order valence-corrected chi connectivity index (χ3v) is 5.69. The first kappa shape index (κ1) is 19.7. The summed E-state index contributed by atoms with van der Waals surface area (Å²) in [6.45, 7) is 3.32. The predicted molar refractivity (Wildman–Crippen MR) is 101 cm³/mol. The number of halogens is 1. The number of hydrogen-bond donors (Lipinski definition) is 2. The molecule has 1 atom stereocenters. The Morgan fingerprint density at radius 2 is 1.96 bits per heavy atom. The number of nitrogens with one attached hydrogen (secondary N) is 1. The topological polar surface area (TPSA) is 75.4 Å². The molecule has 1 saturated heterocycles. The van der Waals surface area contributed by atoms with Gasteiger partial charge in [0.05, 0.1) is 0 Å². The minimum atomic E-state index is -0.459. The summed E-state index contributed by atoms with van der Waals surface area (Å²) in [5, 5.41) is 2.91. The Balaban J connectivity index is 0.00000225. The van der Waals surface area contributed by atoms with Gasteiger partial charge in [-0.25, -0.2) is 0 Å². The van der Waals surface area contributed by atoms with Crippen LogP contribution >= 0.6 is 12.4 Å². The minimum Gasteiger partial charge on any atom is -0.345 e. The molecule has 0 spiro atoms. The van der Waals surface area contributed by atoms with Crippen LogP contribution in [0.5, 0.6) is 0 Å². The van der Waals surface area contributed by atoms with E-state index in [0.29, 0.717) is 13.1 Å². The molecule has 1 saturated carbocycles. The largest absolute Gasteiger partial charge is 0.345 e. The van der Waals surface area contributed by atoms with Crippen molar-refractivity contribution in [1.82, 2.24) is 10.2 Å². The monoisotopic (exact) mass is 365 g/mol. The molecule has 1 aliphatic heterocycles. The predicted octanol–water partition coefficient (Wildman–Crippen LogP) is 1.98. The van der Waals surface area contributed by atoms with Gasteiger partial charge in [0.15, 0.2) is 0 Å². The maximum absolute atomic E-state index is 12.4. The van der Waals surface area contributed by atoms with Gasteiger partial charge in [-0.3, -0.25) is 9.59 Å². The molecule has 3 N–H and O–H groups in total. The number of rotatable bonds is 4. The van der Waals surface area contributed by atoms with Crippen molar-refractivity contribution in [3.8, 4) is 0 Å². The lowest BCUT2D eigenvalue weighted by Crippen LogP contribution is -2.58. The Labute approximate surface area is 155 Å². The van der Waals surface area contributed by atoms with Crippen LogP contribution in [0.1, 0.15) is 44.6 Å². The number of benzene rings is 1. The summed E-state index contributed by atoms with van der Waals surface area (Å²) in [4.78, 5) is 26.4. The number of carbonyl (C=O) groups is 2. The van der Waals surface area contributed by atoms with Crippen molar-refractivity contribution in [2.45, 2.75) is 56.5 Å². The SMILES string of the molecule is CCC1CCCN1C(=O)C(=O)NC1CC(CN)(c2ccccc2)C1.Cl. The van der Waals surface area contributed by atoms with Crippen molar-refractivity contribution in [3.05, 3.63) is 35.9 Å². The second kappa shape index (κ2) is 8.19. The highest BCUT2D eigenvalue weighted by molar-refractivity contribution is 6.35. The van der Waals surface area contributed by atoms with Crippen molar-refractivity contribution < 1.29 is 9.59 Å². The molecule has 3 rings (SSSR count). The van der Waals surface area contributed by atoms with Crippen LogP contribution in [0.15, 0.2) is 30.3 Å². The summed E-state index contributed by atoms with van der Waals surface area (Å²) in [7, 11) is 0. The van der Waals surface area contributed by atoms with Crippen molar-refractivity contribution in [1.29, 1.82) is 0 Å². The molecule has 0 radical (unpaired) electrons. The molecule has 6 heteroatoms. The molecule has 2 amide bonds. The van der Waals surface area contributed by atoms with Gasteiger partial charge in [-0.05, 0) is 37.7 Å². The van der Waals surface area contributed by atoms with Gasteiger partial charge in [0, 0.05) is 30.6 Å². The molecule has 2 fully saturated rings. The zero-order chi connectivity index (χ0) is 17.2. The van der Waals surface area contributed by atoms with Gasteiger partial charge in [-0.15, -0.1) is 12.4 Å². The van der Waals surface area contributed by atoms with Gasteiger partial charge in [0.2, 0.25) is 0 Å². The fourth-order valence-corrected chi connectivity index (χ4v) is 4.20. The van der Waals surface area contributed by atoms with E-state index in [-0.39, 0.29) is 35.8 Å². The molecule has 1 unspecified atom stereocenters. The molecule has 1 aliphatic carbocycles. The first-order valence-electron chi connectivity index (χ1n) is 8.96. The van der Waals surface area contributed by atoms with E-state index < -0.39 is 5.91 Å². The molecule has 1 aromatic carbocycles. The first-order valence-corrected chi connectivity index (χ1v) is 8.96. The van der Waals surface area contributed by atoms with E-state index in [0.717, 1.165) is 32.1 Å². The number of hydrogen-bond acceptors (Lipinski definition) is 3. The van der Waals surface area contributed by atoms with Crippen LogP contribution in [0, 0.1) is 0 Å². The average Bonchev–Trinajstić information content (AvgIpc) is 3.06. The van der Waals surface area contributed by atoms with Crippen LogP contribution < -0.4 is 11.1 Å². The molecule has 0 bridgehead atoms. The molecule has 1 heterocycles. The van der Waals surface area contributed by atoms with Crippen molar-refractivity contribution >= 4 is 24.2 Å². The third-order valence-electron chi connectivity index (χ3n) is 5.69. The van der Waals surface area contributed by atoms with E-state index >= 15 is 0 Å². The van der Waals surface area contributed by atoms with Gasteiger partial charge in [-0.2, -0.15) is 0 Å². The van der Waals surface area contributed by atoms with Crippen LogP contribution in [0.25, 0.3) is 0 Å². The van der Waals surface area contributed by atoms with Crippen LogP contribution in [0.4, 0.5) is 0 Å². The maximum atomic E-state index is 12.4. The van der Waals surface area contributed by atoms with Crippen LogP contribution in [0.3, 0.4) is 0 Å². The van der Waals surface area contributed by atoms with Crippen molar-refractivity contribution in [3.63, 3.8) is 0 Å². The van der Waals surface area contributed by atoms with Gasteiger partial charge in [0.25, 0.3) is 0 Å². The Morgan fingerprint density at radius 1 is 1.28 bits per heavy atom. The number of amides is 2. The number of nitrogens with two attached hydrogens (primary N) is 1. The lowest BCUT2D eigenvalue weighted by Gasteiger charge is -2.47. The van der Waals surface area contributed by atoms with Gasteiger partial charge in [0.1, 0.15) is 0 Å². The Morgan fingerprint density at radius 3 is 2.56 bits per heavy atom. The highest BCUT2D eigenvalue weighted by Gasteiger charge is 2.45. The minimum absolute atomic E-state index is 0. The average molecular weight is 366 g/mol. The zero-order valence-electron chi connectivity index (χ0n) is 14.7. The first-order chi connectivity index (χ1) is 11.6. The summed E-state index contributed by atoms with van der Waals surface area (Å²) >= 11 is 0. The van der Waals surface area contributed by atoms with Gasteiger partial charge in [-0.1, -0.05) is 37.3 Å². The summed E-state index contributed by atoms with van der Waals surface area (Å²) in [6.07, 6.45) is 4.49. The van der Waals surface area contributed by atoms with Crippen molar-refractivity contribution in [2.75, 3.05) is 13.1 Å². The molecule has 0 aromatic heterocycles. The standard InChI is InChI=1S/C19H27N3O2.ClH/c1-2-16-9-6-10-22(16)18(24)17(23)21-15-11-19(12-15,13-20)14-7-4-3-5-8-14;/h3-5,7-8,15-16H,2,6,9-13,20H2,1H3,(H,21,23);1H. The molecule has 2 aliphatic rings. The Bertz CT molecular complexity index is 602. The fourth-order valence-electron chi connectivity index (χ4n) is 4.20. The molecule has 25 heavy (non-hydrogen) atoms. The van der Waals surface area contributed by atoms with E-state index in [9.17, 15) is 9.59 Å².